The van der Waals surface area contributed by atoms with Crippen LogP contribution >= 0.6 is 0 Å². The van der Waals surface area contributed by atoms with Gasteiger partial charge in [0, 0.05) is 38.1 Å². The minimum Gasteiger partial charge on any atom is -0.496 e. The Morgan fingerprint density at radius 2 is 1.85 bits per heavy atom. The molecule has 2 heterocycles. The largest absolute Gasteiger partial charge is 0.496 e. The monoisotopic (exact) mass is 477 g/mol. The summed E-state index contributed by atoms with van der Waals surface area (Å²) in [5, 5.41) is 0. The minimum absolute atomic E-state index is 0.00277. The van der Waals surface area contributed by atoms with E-state index < -0.39 is 23.2 Å². The number of hydrogen-bond acceptors (Lipinski definition) is 4. The van der Waals surface area contributed by atoms with Crippen LogP contribution in [0, 0.1) is 0 Å². The van der Waals surface area contributed by atoms with Crippen molar-refractivity contribution in [3.63, 3.8) is 0 Å². The summed E-state index contributed by atoms with van der Waals surface area (Å²) in [4.78, 5) is 14.7. The third-order valence-corrected chi connectivity index (χ3v) is 6.76. The Bertz CT molecular complexity index is 987. The fourth-order valence-corrected chi connectivity index (χ4v) is 5.05. The lowest BCUT2D eigenvalue weighted by atomic mass is 9.80. The van der Waals surface area contributed by atoms with Crippen molar-refractivity contribution in [2.75, 3.05) is 26.8 Å². The highest BCUT2D eigenvalue weighted by Gasteiger charge is 2.45. The van der Waals surface area contributed by atoms with Gasteiger partial charge in [-0.25, -0.2) is 0 Å². The molecule has 8 heteroatoms. The smallest absolute Gasteiger partial charge is 0.419 e. The van der Waals surface area contributed by atoms with E-state index in [9.17, 15) is 18.0 Å². The molecule has 1 spiro atoms. The number of hydrogen-bond donors (Lipinski definition) is 0. The number of methoxy groups -OCH3 is 1. The van der Waals surface area contributed by atoms with Crippen molar-refractivity contribution >= 4 is 5.91 Å². The maximum atomic E-state index is 13.4. The van der Waals surface area contributed by atoms with Gasteiger partial charge in [0.1, 0.15) is 5.75 Å². The minimum atomic E-state index is -4.61. The first-order chi connectivity index (χ1) is 16.2. The average molecular weight is 478 g/mol. The molecule has 1 amide bonds. The summed E-state index contributed by atoms with van der Waals surface area (Å²) >= 11 is 0. The summed E-state index contributed by atoms with van der Waals surface area (Å²) in [6.07, 6.45) is -1.92. The van der Waals surface area contributed by atoms with Gasteiger partial charge in [0.25, 0.3) is 5.91 Å². The van der Waals surface area contributed by atoms with Crippen molar-refractivity contribution in [3.8, 4) is 5.75 Å². The van der Waals surface area contributed by atoms with Crippen LogP contribution in [0.5, 0.6) is 5.75 Å². The molecule has 2 saturated heterocycles. The lowest BCUT2D eigenvalue weighted by Gasteiger charge is -2.48. The van der Waals surface area contributed by atoms with Crippen LogP contribution in [0.15, 0.2) is 48.5 Å². The van der Waals surface area contributed by atoms with Crippen LogP contribution in [0.2, 0.25) is 0 Å². The number of carbonyl (C=O) groups is 1. The molecule has 0 saturated carbocycles. The second kappa shape index (κ2) is 9.96. The molecule has 184 valence electrons. The Balaban J connectivity index is 1.49. The van der Waals surface area contributed by atoms with E-state index in [1.165, 1.54) is 19.2 Å². The highest BCUT2D eigenvalue weighted by molar-refractivity contribution is 5.94. The van der Waals surface area contributed by atoms with Gasteiger partial charge in [-0.1, -0.05) is 30.3 Å². The summed E-state index contributed by atoms with van der Waals surface area (Å²) in [6.45, 7) is 3.41. The molecule has 0 unspecified atom stereocenters. The first-order valence-corrected chi connectivity index (χ1v) is 11.6. The third-order valence-electron chi connectivity index (χ3n) is 6.76. The van der Waals surface area contributed by atoms with E-state index in [1.807, 2.05) is 37.3 Å². The number of halogens is 3. The topological polar surface area (TPSA) is 48.0 Å². The first-order valence-electron chi connectivity index (χ1n) is 11.6. The average Bonchev–Trinajstić information content (AvgIpc) is 2.83. The summed E-state index contributed by atoms with van der Waals surface area (Å²) in [7, 11) is 1.18. The number of rotatable bonds is 5. The molecule has 5 nitrogen and oxygen atoms in total. The summed E-state index contributed by atoms with van der Waals surface area (Å²) in [6, 6.07) is 13.5. The summed E-state index contributed by atoms with van der Waals surface area (Å²) < 4.78 is 57.7. The molecular formula is C26H30F3NO4. The molecule has 0 radical (unpaired) electrons. The maximum absolute atomic E-state index is 13.4. The first kappa shape index (κ1) is 24.5. The zero-order chi connectivity index (χ0) is 24.3. The van der Waals surface area contributed by atoms with Gasteiger partial charge in [0.2, 0.25) is 0 Å². The van der Waals surface area contributed by atoms with Crippen molar-refractivity contribution in [3.05, 3.63) is 65.2 Å². The Morgan fingerprint density at radius 1 is 1.15 bits per heavy atom. The summed E-state index contributed by atoms with van der Waals surface area (Å²) in [5.74, 6) is -0.717. The molecule has 0 N–H and O–H groups in total. The van der Waals surface area contributed by atoms with E-state index in [0.29, 0.717) is 32.5 Å². The molecule has 4 rings (SSSR count). The quantitative estimate of drug-likeness (QED) is 0.559. The maximum Gasteiger partial charge on any atom is 0.419 e. The number of alkyl halides is 3. The van der Waals surface area contributed by atoms with Crippen LogP contribution in [0.4, 0.5) is 13.2 Å². The van der Waals surface area contributed by atoms with Crippen LogP contribution in [0.25, 0.3) is 0 Å². The molecule has 2 fully saturated rings. The molecule has 2 aliphatic rings. The van der Waals surface area contributed by atoms with Gasteiger partial charge in [0.15, 0.2) is 0 Å². The van der Waals surface area contributed by atoms with Gasteiger partial charge >= 0.3 is 6.18 Å². The molecule has 2 atom stereocenters. The van der Waals surface area contributed by atoms with E-state index in [2.05, 4.69) is 0 Å². The van der Waals surface area contributed by atoms with Crippen LogP contribution in [0.1, 0.15) is 60.2 Å². The van der Waals surface area contributed by atoms with Crippen LogP contribution in [0.3, 0.4) is 0 Å². The Labute approximate surface area is 197 Å². The van der Waals surface area contributed by atoms with Gasteiger partial charge in [0.05, 0.1) is 30.5 Å². The predicted molar refractivity (Wildman–Crippen MR) is 121 cm³/mol. The number of likely N-dealkylation sites (tertiary alicyclic amines) is 1. The Kier molecular flexibility index (Phi) is 7.19. The highest BCUT2D eigenvalue weighted by atomic mass is 19.4. The van der Waals surface area contributed by atoms with Gasteiger partial charge in [-0.05, 0) is 43.5 Å². The van der Waals surface area contributed by atoms with E-state index in [0.717, 1.165) is 24.5 Å². The van der Waals surface area contributed by atoms with Crippen molar-refractivity contribution in [2.45, 2.75) is 56.6 Å². The van der Waals surface area contributed by atoms with E-state index >= 15 is 0 Å². The lowest BCUT2D eigenvalue weighted by Crippen LogP contribution is -2.52. The zero-order valence-electron chi connectivity index (χ0n) is 19.4. The normalized spacial score (nSPS) is 22.6. The molecule has 34 heavy (non-hydrogen) atoms. The van der Waals surface area contributed by atoms with E-state index in [1.54, 1.807) is 4.90 Å². The fourth-order valence-electron chi connectivity index (χ4n) is 5.05. The van der Waals surface area contributed by atoms with Gasteiger partial charge in [-0.2, -0.15) is 13.2 Å². The SMILES string of the molecule is CCO[C@H]1C[C@@H](c2ccccc2)OC2(CCN(C(=O)c3ccc(OC)c(C(F)(F)F)c3)CC2)C1. The number of piperidine rings is 1. The van der Waals surface area contributed by atoms with Crippen molar-refractivity contribution in [1.82, 2.24) is 4.90 Å². The highest BCUT2D eigenvalue weighted by Crippen LogP contribution is 2.44. The van der Waals surface area contributed by atoms with E-state index in [4.69, 9.17) is 14.2 Å². The summed E-state index contributed by atoms with van der Waals surface area (Å²) in [5.41, 5.74) is -0.271. The second-order valence-electron chi connectivity index (χ2n) is 8.92. The molecule has 0 aromatic heterocycles. The van der Waals surface area contributed by atoms with Gasteiger partial charge < -0.3 is 19.1 Å². The van der Waals surface area contributed by atoms with E-state index in [-0.39, 0.29) is 23.5 Å². The third kappa shape index (κ3) is 5.23. The molecule has 0 aliphatic carbocycles. The fraction of sp³-hybridized carbons (Fsp3) is 0.500. The molecule has 2 aliphatic heterocycles. The molecular weight excluding hydrogens is 447 g/mol. The molecule has 2 aromatic carbocycles. The lowest BCUT2D eigenvalue weighted by molar-refractivity contribution is -0.190. The second-order valence-corrected chi connectivity index (χ2v) is 8.92. The number of nitrogens with zero attached hydrogens (tertiary/aromatic N) is 1. The molecule has 2 aromatic rings. The van der Waals surface area contributed by atoms with Crippen molar-refractivity contribution in [1.29, 1.82) is 0 Å². The van der Waals surface area contributed by atoms with Crippen molar-refractivity contribution in [2.24, 2.45) is 0 Å². The molecule has 0 bridgehead atoms. The van der Waals surface area contributed by atoms with Gasteiger partial charge in [-0.15, -0.1) is 0 Å². The van der Waals surface area contributed by atoms with Crippen LogP contribution in [-0.4, -0.2) is 49.3 Å². The number of amides is 1. The van der Waals surface area contributed by atoms with Crippen LogP contribution in [-0.2, 0) is 15.7 Å². The van der Waals surface area contributed by atoms with Crippen LogP contribution < -0.4 is 4.74 Å². The standard InChI is InChI=1S/C26H30F3NO4/c1-3-33-20-16-23(18-7-5-4-6-8-18)34-25(17-20)11-13-30(14-12-25)24(31)19-9-10-22(32-2)21(15-19)26(27,28)29/h4-10,15,20,23H,3,11-14,16-17H2,1-2H3/t20-,23-/m0/s1. The number of ether oxygens (including phenoxy) is 3. The zero-order valence-corrected chi connectivity index (χ0v) is 19.4. The van der Waals surface area contributed by atoms with Crippen molar-refractivity contribution < 1.29 is 32.2 Å². The number of carbonyl (C=O) groups excluding carboxylic acids is 1. The number of benzene rings is 2. The Morgan fingerprint density at radius 3 is 2.47 bits per heavy atom. The van der Waals surface area contributed by atoms with Gasteiger partial charge in [-0.3, -0.25) is 4.79 Å². The predicted octanol–water partition coefficient (Wildman–Crippen LogP) is 5.65. The Hall–Kier alpha value is -2.58.